The van der Waals surface area contributed by atoms with Crippen LogP contribution in [0.2, 0.25) is 0 Å². The van der Waals surface area contributed by atoms with E-state index >= 15 is 0 Å². The van der Waals surface area contributed by atoms with Gasteiger partial charge >= 0.3 is 0 Å². The van der Waals surface area contributed by atoms with Gasteiger partial charge in [-0.3, -0.25) is 9.36 Å². The molecule has 0 N–H and O–H groups in total. The van der Waals surface area contributed by atoms with Crippen LogP contribution in [0.4, 0.5) is 0 Å². The highest BCUT2D eigenvalue weighted by Gasteiger charge is 2.26. The fraction of sp³-hybridized carbons (Fsp3) is 0.526. The average molecular weight is 359 g/mol. The Morgan fingerprint density at radius 1 is 1.16 bits per heavy atom. The Balaban J connectivity index is 1.72. The molecule has 0 spiro atoms. The fourth-order valence-corrected chi connectivity index (χ4v) is 4.51. The standard InChI is InChI=1S/C19H26N4OS/c1-13-9-14(2)11-22(10-13)18(24)12-25-19-21-20-16(4)23(19)17-8-6-5-7-15(17)3/h5-8,13-14H,9-12H2,1-4H3. The Morgan fingerprint density at radius 2 is 1.84 bits per heavy atom. The second-order valence-corrected chi connectivity index (χ2v) is 8.13. The number of likely N-dealkylation sites (tertiary alicyclic amines) is 1. The molecule has 1 aliphatic heterocycles. The minimum Gasteiger partial charge on any atom is -0.341 e. The van der Waals surface area contributed by atoms with Gasteiger partial charge < -0.3 is 4.90 Å². The van der Waals surface area contributed by atoms with Gasteiger partial charge in [0.05, 0.1) is 11.4 Å². The van der Waals surface area contributed by atoms with Crippen molar-refractivity contribution in [2.45, 2.75) is 39.3 Å². The Hall–Kier alpha value is -1.82. The number of piperidine rings is 1. The van der Waals surface area contributed by atoms with E-state index in [4.69, 9.17) is 0 Å². The number of carbonyl (C=O) groups excluding carboxylic acids is 1. The molecular weight excluding hydrogens is 332 g/mol. The van der Waals surface area contributed by atoms with Crippen LogP contribution in [0.1, 0.15) is 31.7 Å². The SMILES string of the molecule is Cc1ccccc1-n1c(C)nnc1SCC(=O)N1CC(C)CC(C)C1. The predicted molar refractivity (Wildman–Crippen MR) is 101 cm³/mol. The minimum absolute atomic E-state index is 0.195. The van der Waals surface area contributed by atoms with Crippen LogP contribution in [0.25, 0.3) is 5.69 Å². The molecule has 25 heavy (non-hydrogen) atoms. The number of aromatic nitrogens is 3. The predicted octanol–water partition coefficient (Wildman–Crippen LogP) is 3.48. The van der Waals surface area contributed by atoms with Crippen molar-refractivity contribution in [3.05, 3.63) is 35.7 Å². The summed E-state index contributed by atoms with van der Waals surface area (Å²) < 4.78 is 2.04. The van der Waals surface area contributed by atoms with Gasteiger partial charge in [-0.05, 0) is 43.7 Å². The molecule has 2 heterocycles. The number of para-hydroxylation sites is 1. The monoisotopic (exact) mass is 358 g/mol. The molecular formula is C19H26N4OS. The summed E-state index contributed by atoms with van der Waals surface area (Å²) in [5.41, 5.74) is 2.23. The van der Waals surface area contributed by atoms with Crippen molar-refractivity contribution in [3.8, 4) is 5.69 Å². The molecule has 0 aliphatic carbocycles. The Morgan fingerprint density at radius 3 is 2.52 bits per heavy atom. The zero-order valence-electron chi connectivity index (χ0n) is 15.4. The molecule has 1 aromatic heterocycles. The third-order valence-corrected chi connectivity index (χ3v) is 5.61. The lowest BCUT2D eigenvalue weighted by Gasteiger charge is -2.35. The molecule has 5 nitrogen and oxygen atoms in total. The van der Waals surface area contributed by atoms with Gasteiger partial charge in [-0.15, -0.1) is 10.2 Å². The summed E-state index contributed by atoms with van der Waals surface area (Å²) in [6, 6.07) is 8.17. The van der Waals surface area contributed by atoms with E-state index in [-0.39, 0.29) is 5.91 Å². The summed E-state index contributed by atoms with van der Waals surface area (Å²) in [5.74, 6) is 2.60. The topological polar surface area (TPSA) is 51.0 Å². The minimum atomic E-state index is 0.195. The van der Waals surface area contributed by atoms with Crippen LogP contribution in [0.3, 0.4) is 0 Å². The van der Waals surface area contributed by atoms with Crippen LogP contribution in [0.15, 0.2) is 29.4 Å². The quantitative estimate of drug-likeness (QED) is 0.785. The third-order valence-electron chi connectivity index (χ3n) is 4.70. The number of hydrogen-bond donors (Lipinski definition) is 0. The highest BCUT2D eigenvalue weighted by Crippen LogP contribution is 2.26. The maximum atomic E-state index is 12.6. The smallest absolute Gasteiger partial charge is 0.233 e. The lowest BCUT2D eigenvalue weighted by molar-refractivity contribution is -0.130. The van der Waals surface area contributed by atoms with E-state index in [0.717, 1.165) is 35.3 Å². The summed E-state index contributed by atoms with van der Waals surface area (Å²) in [4.78, 5) is 14.6. The Kier molecular flexibility index (Phi) is 5.47. The van der Waals surface area contributed by atoms with Crippen molar-refractivity contribution >= 4 is 17.7 Å². The van der Waals surface area contributed by atoms with Gasteiger partial charge in [0.25, 0.3) is 0 Å². The molecule has 0 saturated carbocycles. The molecule has 6 heteroatoms. The molecule has 134 valence electrons. The normalized spacial score (nSPS) is 20.7. The molecule has 1 aliphatic rings. The van der Waals surface area contributed by atoms with Crippen LogP contribution >= 0.6 is 11.8 Å². The van der Waals surface area contributed by atoms with Crippen LogP contribution in [-0.2, 0) is 4.79 Å². The van der Waals surface area contributed by atoms with Crippen molar-refractivity contribution in [3.63, 3.8) is 0 Å². The first-order valence-corrected chi connectivity index (χ1v) is 9.83. The van der Waals surface area contributed by atoms with Gasteiger partial charge in [-0.25, -0.2) is 0 Å². The lowest BCUT2D eigenvalue weighted by Crippen LogP contribution is -2.43. The molecule has 2 unspecified atom stereocenters. The van der Waals surface area contributed by atoms with E-state index in [1.807, 2.05) is 28.5 Å². The molecule has 0 radical (unpaired) electrons. The van der Waals surface area contributed by atoms with E-state index in [1.54, 1.807) is 0 Å². The van der Waals surface area contributed by atoms with Gasteiger partial charge in [-0.2, -0.15) is 0 Å². The summed E-state index contributed by atoms with van der Waals surface area (Å²) in [6.07, 6.45) is 1.21. The Bertz CT molecular complexity index is 748. The van der Waals surface area contributed by atoms with Crippen LogP contribution in [-0.4, -0.2) is 44.4 Å². The summed E-state index contributed by atoms with van der Waals surface area (Å²) in [7, 11) is 0. The van der Waals surface area contributed by atoms with Crippen molar-refractivity contribution in [2.75, 3.05) is 18.8 Å². The zero-order chi connectivity index (χ0) is 18.0. The maximum absolute atomic E-state index is 12.6. The maximum Gasteiger partial charge on any atom is 0.233 e. The highest BCUT2D eigenvalue weighted by atomic mass is 32.2. The van der Waals surface area contributed by atoms with E-state index < -0.39 is 0 Å². The van der Waals surface area contributed by atoms with Gasteiger partial charge in [-0.1, -0.05) is 43.8 Å². The third kappa shape index (κ3) is 4.06. The molecule has 1 saturated heterocycles. The molecule has 3 rings (SSSR count). The zero-order valence-corrected chi connectivity index (χ0v) is 16.2. The van der Waals surface area contributed by atoms with Crippen LogP contribution in [0, 0.1) is 25.7 Å². The second kappa shape index (κ2) is 7.60. The van der Waals surface area contributed by atoms with E-state index in [9.17, 15) is 4.79 Å². The van der Waals surface area contributed by atoms with Gasteiger partial charge in [0.1, 0.15) is 5.82 Å². The largest absolute Gasteiger partial charge is 0.341 e. The Labute approximate surface area is 153 Å². The van der Waals surface area contributed by atoms with Gasteiger partial charge in [0.2, 0.25) is 5.91 Å². The number of hydrogen-bond acceptors (Lipinski definition) is 4. The highest BCUT2D eigenvalue weighted by molar-refractivity contribution is 7.99. The number of nitrogens with zero attached hydrogens (tertiary/aromatic N) is 4. The summed E-state index contributed by atoms with van der Waals surface area (Å²) >= 11 is 1.47. The van der Waals surface area contributed by atoms with Crippen molar-refractivity contribution in [2.24, 2.45) is 11.8 Å². The number of aryl methyl sites for hydroxylation is 2. The number of thioether (sulfide) groups is 1. The number of rotatable bonds is 4. The van der Waals surface area contributed by atoms with E-state index in [1.165, 1.54) is 18.2 Å². The van der Waals surface area contributed by atoms with Gasteiger partial charge in [0.15, 0.2) is 5.16 Å². The van der Waals surface area contributed by atoms with Crippen molar-refractivity contribution in [1.29, 1.82) is 0 Å². The van der Waals surface area contributed by atoms with E-state index in [0.29, 0.717) is 17.6 Å². The van der Waals surface area contributed by atoms with Crippen molar-refractivity contribution in [1.82, 2.24) is 19.7 Å². The molecule has 1 fully saturated rings. The first kappa shape index (κ1) is 18.0. The van der Waals surface area contributed by atoms with Crippen molar-refractivity contribution < 1.29 is 4.79 Å². The molecule has 1 amide bonds. The van der Waals surface area contributed by atoms with Crippen LogP contribution in [0.5, 0.6) is 0 Å². The summed E-state index contributed by atoms with van der Waals surface area (Å²) in [6.45, 7) is 10.2. The molecule has 0 bridgehead atoms. The van der Waals surface area contributed by atoms with E-state index in [2.05, 4.69) is 43.1 Å². The number of benzene rings is 1. The molecule has 2 aromatic rings. The second-order valence-electron chi connectivity index (χ2n) is 7.19. The average Bonchev–Trinajstić information content (AvgIpc) is 2.93. The fourth-order valence-electron chi connectivity index (χ4n) is 3.61. The number of amides is 1. The molecule has 2 atom stereocenters. The summed E-state index contributed by atoms with van der Waals surface area (Å²) in [5, 5.41) is 9.28. The number of carbonyl (C=O) groups is 1. The first-order chi connectivity index (χ1) is 12.0. The lowest BCUT2D eigenvalue weighted by atomic mass is 9.92. The molecule has 1 aromatic carbocycles. The van der Waals surface area contributed by atoms with Crippen LogP contribution < -0.4 is 0 Å². The van der Waals surface area contributed by atoms with Gasteiger partial charge in [0, 0.05) is 13.1 Å². The first-order valence-electron chi connectivity index (χ1n) is 8.84.